The Morgan fingerprint density at radius 2 is 1.71 bits per heavy atom. The van der Waals surface area contributed by atoms with Crippen LogP contribution in [-0.4, -0.2) is 11.6 Å². The van der Waals surface area contributed by atoms with Gasteiger partial charge in [-0.2, -0.15) is 0 Å². The molecule has 0 saturated carbocycles. The number of rotatable bonds is 5. The molecule has 1 heterocycles. The van der Waals surface area contributed by atoms with Crippen molar-refractivity contribution in [1.29, 1.82) is 0 Å². The Morgan fingerprint density at radius 1 is 0.958 bits per heavy atom. The number of hydrogen-bond acceptors (Lipinski definition) is 4. The molecule has 0 unspecified atom stereocenters. The molecule has 0 aliphatic carbocycles. The van der Waals surface area contributed by atoms with Crippen LogP contribution in [0.15, 0.2) is 42.5 Å². The van der Waals surface area contributed by atoms with Gasteiger partial charge in [-0.15, -0.1) is 11.8 Å². The van der Waals surface area contributed by atoms with Crippen LogP contribution >= 0.6 is 0 Å². The molecule has 0 spiro atoms. The van der Waals surface area contributed by atoms with Crippen molar-refractivity contribution < 1.29 is 19.4 Å². The maximum absolute atomic E-state index is 12.5. The fourth-order valence-electron chi connectivity index (χ4n) is 2.40. The van der Waals surface area contributed by atoms with E-state index in [2.05, 4.69) is 11.8 Å². The number of carbonyl (C=O) groups excluding carboxylic acids is 2. The minimum Gasteiger partial charge on any atom is -0.294 e. The van der Waals surface area contributed by atoms with Gasteiger partial charge in [-0.05, 0) is 12.1 Å². The zero-order valence-corrected chi connectivity index (χ0v) is 13.3. The molecule has 0 amide bonds. The van der Waals surface area contributed by atoms with Crippen LogP contribution in [0.4, 0.5) is 0 Å². The van der Waals surface area contributed by atoms with E-state index in [1.54, 1.807) is 42.5 Å². The summed E-state index contributed by atoms with van der Waals surface area (Å²) in [4.78, 5) is 34.5. The molecule has 2 aromatic carbocycles. The normalized spacial score (nSPS) is 11.0. The van der Waals surface area contributed by atoms with Crippen molar-refractivity contribution in [2.75, 3.05) is 0 Å². The lowest BCUT2D eigenvalue weighted by Crippen LogP contribution is -2.04. The second kappa shape index (κ2) is 7.01. The number of ketones is 2. The van der Waals surface area contributed by atoms with Gasteiger partial charge >= 0.3 is 0 Å². The molecule has 0 atom stereocenters. The van der Waals surface area contributed by atoms with Crippen molar-refractivity contribution in [2.24, 2.45) is 0 Å². The van der Waals surface area contributed by atoms with Crippen molar-refractivity contribution in [1.82, 2.24) is 0 Å². The molecule has 2 aromatic rings. The Kier molecular flexibility index (Phi) is 4.62. The summed E-state index contributed by atoms with van der Waals surface area (Å²) >= 11 is 0. The Bertz CT molecular complexity index is 838. The predicted molar refractivity (Wildman–Crippen MR) is 89.2 cm³/mol. The van der Waals surface area contributed by atoms with Crippen molar-refractivity contribution in [3.63, 3.8) is 0 Å². The van der Waals surface area contributed by atoms with E-state index in [1.807, 2.05) is 6.92 Å². The maximum Gasteiger partial charge on any atom is 0.196 e. The van der Waals surface area contributed by atoms with Gasteiger partial charge in [0.2, 0.25) is 0 Å². The molecule has 24 heavy (non-hydrogen) atoms. The summed E-state index contributed by atoms with van der Waals surface area (Å²) < 4.78 is 0. The molecule has 2 bridgehead atoms. The molecule has 4 heteroatoms. The zero-order valence-electron chi connectivity index (χ0n) is 13.3. The van der Waals surface area contributed by atoms with Gasteiger partial charge in [0.15, 0.2) is 23.1 Å². The Balaban J connectivity index is 1.70. The van der Waals surface area contributed by atoms with Gasteiger partial charge in [-0.1, -0.05) is 31.2 Å². The maximum atomic E-state index is 12.5. The van der Waals surface area contributed by atoms with E-state index in [0.717, 1.165) is 6.42 Å². The van der Waals surface area contributed by atoms with E-state index in [4.69, 9.17) is 9.78 Å². The van der Waals surface area contributed by atoms with Crippen molar-refractivity contribution in [2.45, 2.75) is 26.2 Å². The summed E-state index contributed by atoms with van der Waals surface area (Å²) in [5.74, 6) is 6.74. The van der Waals surface area contributed by atoms with Gasteiger partial charge in [0.1, 0.15) is 0 Å². The number of fused-ring (bicyclic) bond motifs is 2. The first-order chi connectivity index (χ1) is 11.7. The van der Waals surface area contributed by atoms with Crippen LogP contribution in [0, 0.1) is 11.8 Å². The number of hydrogen-bond donors (Lipinski definition) is 0. The van der Waals surface area contributed by atoms with Crippen LogP contribution in [0.25, 0.3) is 0 Å². The molecule has 0 saturated heterocycles. The molecule has 4 nitrogen and oxygen atoms in total. The van der Waals surface area contributed by atoms with E-state index >= 15 is 0 Å². The molecule has 3 rings (SSSR count). The first-order valence-electron chi connectivity index (χ1n) is 7.81. The second-order valence-electron chi connectivity index (χ2n) is 5.36. The quantitative estimate of drug-likeness (QED) is 0.475. The minimum absolute atomic E-state index is 0.0269. The average molecular weight is 320 g/mol. The van der Waals surface area contributed by atoms with Crippen LogP contribution in [0.5, 0.6) is 11.5 Å². The Hall–Kier alpha value is -3.06. The fourth-order valence-corrected chi connectivity index (χ4v) is 2.40. The van der Waals surface area contributed by atoms with Crippen LogP contribution in [0.1, 0.15) is 52.5 Å². The highest BCUT2D eigenvalue weighted by Crippen LogP contribution is 2.32. The van der Waals surface area contributed by atoms with Crippen LogP contribution in [0.2, 0.25) is 0 Å². The van der Waals surface area contributed by atoms with Gasteiger partial charge in [0.05, 0.1) is 5.56 Å². The van der Waals surface area contributed by atoms with Gasteiger partial charge in [-0.25, -0.2) is 0 Å². The summed E-state index contributed by atoms with van der Waals surface area (Å²) in [6.45, 7) is 1.97. The second-order valence-corrected chi connectivity index (χ2v) is 5.36. The van der Waals surface area contributed by atoms with Crippen molar-refractivity contribution in [3.05, 3.63) is 59.2 Å². The SMILES string of the molecule is CCC#CCCC(=O)c1ccc(C(=O)c2ccc3cc2OO3)cc1. The van der Waals surface area contributed by atoms with Gasteiger partial charge in [0.25, 0.3) is 0 Å². The molecule has 1 aliphatic heterocycles. The smallest absolute Gasteiger partial charge is 0.196 e. The lowest BCUT2D eigenvalue weighted by atomic mass is 9.99. The summed E-state index contributed by atoms with van der Waals surface area (Å²) in [5, 5.41) is 0. The average Bonchev–Trinajstić information content (AvgIpc) is 2.99. The van der Waals surface area contributed by atoms with Crippen LogP contribution in [0.3, 0.4) is 0 Å². The highest BCUT2D eigenvalue weighted by molar-refractivity contribution is 6.11. The van der Waals surface area contributed by atoms with Crippen LogP contribution < -0.4 is 9.78 Å². The van der Waals surface area contributed by atoms with E-state index in [1.165, 1.54) is 0 Å². The number of benzene rings is 2. The summed E-state index contributed by atoms with van der Waals surface area (Å²) in [6.07, 6.45) is 1.74. The summed E-state index contributed by atoms with van der Waals surface area (Å²) in [6, 6.07) is 11.7. The molecule has 0 aromatic heterocycles. The lowest BCUT2D eigenvalue weighted by molar-refractivity contribution is -0.0849. The highest BCUT2D eigenvalue weighted by atomic mass is 17.2. The molecule has 0 N–H and O–H groups in total. The topological polar surface area (TPSA) is 52.6 Å². The van der Waals surface area contributed by atoms with E-state index in [0.29, 0.717) is 41.0 Å². The first-order valence-corrected chi connectivity index (χ1v) is 7.81. The van der Waals surface area contributed by atoms with Gasteiger partial charge < -0.3 is 0 Å². The Morgan fingerprint density at radius 3 is 2.46 bits per heavy atom. The van der Waals surface area contributed by atoms with E-state index < -0.39 is 0 Å². The van der Waals surface area contributed by atoms with Crippen molar-refractivity contribution >= 4 is 11.6 Å². The highest BCUT2D eigenvalue weighted by Gasteiger charge is 2.21. The lowest BCUT2D eigenvalue weighted by Gasteiger charge is -2.04. The van der Waals surface area contributed by atoms with E-state index in [9.17, 15) is 9.59 Å². The fraction of sp³-hybridized carbons (Fsp3) is 0.200. The van der Waals surface area contributed by atoms with Crippen molar-refractivity contribution in [3.8, 4) is 23.3 Å². The first kappa shape index (κ1) is 15.8. The monoisotopic (exact) mass is 320 g/mol. The summed E-state index contributed by atoms with van der Waals surface area (Å²) in [5.41, 5.74) is 1.52. The number of carbonyl (C=O) groups is 2. The standard InChI is InChI=1S/C20H16O4/c1-2-3-4-5-6-18(21)14-7-9-15(10-8-14)20(22)17-12-11-16-13-19(17)24-23-16/h7-13H,2,5-6H2,1H3. The largest absolute Gasteiger partial charge is 0.294 e. The van der Waals surface area contributed by atoms with E-state index in [-0.39, 0.29) is 11.6 Å². The molecular weight excluding hydrogens is 304 g/mol. The molecule has 1 aliphatic rings. The third-order valence-electron chi connectivity index (χ3n) is 3.67. The minimum atomic E-state index is -0.171. The molecule has 0 fully saturated rings. The predicted octanol–water partition coefficient (Wildman–Crippen LogP) is 3.98. The van der Waals surface area contributed by atoms with Crippen LogP contribution in [-0.2, 0) is 0 Å². The summed E-state index contributed by atoms with van der Waals surface area (Å²) in [7, 11) is 0. The molecule has 0 radical (unpaired) electrons. The third kappa shape index (κ3) is 3.31. The third-order valence-corrected chi connectivity index (χ3v) is 3.67. The van der Waals surface area contributed by atoms with Gasteiger partial charge in [0, 0.05) is 36.5 Å². The number of Topliss-reactive ketones (excluding diaryl/α,β-unsaturated/α-hetero) is 1. The molecule has 120 valence electrons. The Labute approximate surface area is 140 Å². The van der Waals surface area contributed by atoms with Gasteiger partial charge in [-0.3, -0.25) is 19.4 Å². The zero-order chi connectivity index (χ0) is 16.9. The molecular formula is C20H16O4.